The summed E-state index contributed by atoms with van der Waals surface area (Å²) in [4.78, 5) is 22.5. The second-order valence-corrected chi connectivity index (χ2v) is 5.75. The number of nitrogens with one attached hydrogen (secondary N) is 1. The van der Waals surface area contributed by atoms with E-state index in [9.17, 15) is 23.5 Å². The van der Waals surface area contributed by atoms with E-state index in [0.29, 0.717) is 0 Å². The molecule has 1 aromatic carbocycles. The van der Waals surface area contributed by atoms with Gasteiger partial charge in [0.1, 0.15) is 6.10 Å². The Morgan fingerprint density at radius 1 is 1.29 bits per heavy atom. The van der Waals surface area contributed by atoms with Gasteiger partial charge in [0.05, 0.1) is 5.56 Å². The van der Waals surface area contributed by atoms with Gasteiger partial charge in [0.2, 0.25) is 5.91 Å². The number of amides is 2. The van der Waals surface area contributed by atoms with Crippen LogP contribution in [0.15, 0.2) is 12.1 Å². The van der Waals surface area contributed by atoms with Crippen LogP contribution in [0.2, 0.25) is 0 Å². The van der Waals surface area contributed by atoms with Crippen LogP contribution < -0.4 is 11.1 Å². The molecule has 116 valence electrons. The van der Waals surface area contributed by atoms with Crippen molar-refractivity contribution in [3.05, 3.63) is 34.9 Å². The topological polar surface area (TPSA) is 92.4 Å². The molecule has 4 N–H and O–H groups in total. The van der Waals surface area contributed by atoms with E-state index in [-0.39, 0.29) is 12.1 Å². The first-order valence-electron chi connectivity index (χ1n) is 6.28. The maximum atomic E-state index is 13.7. The number of hydrogen-bond donors (Lipinski definition) is 3. The van der Waals surface area contributed by atoms with E-state index in [2.05, 4.69) is 5.32 Å². The van der Waals surface area contributed by atoms with Gasteiger partial charge in [-0.2, -0.15) is 0 Å². The number of halogens is 2. The first kappa shape index (κ1) is 17.0. The summed E-state index contributed by atoms with van der Waals surface area (Å²) in [5.41, 5.74) is 3.51. The zero-order chi connectivity index (χ0) is 16.4. The minimum absolute atomic E-state index is 0.146. The van der Waals surface area contributed by atoms with Crippen molar-refractivity contribution in [2.24, 2.45) is 11.1 Å². The maximum Gasteiger partial charge on any atom is 0.251 e. The Hall–Kier alpha value is -2.02. The Morgan fingerprint density at radius 2 is 1.86 bits per heavy atom. The molecule has 0 aliphatic heterocycles. The maximum absolute atomic E-state index is 13.7. The molecule has 0 aliphatic rings. The van der Waals surface area contributed by atoms with E-state index in [1.807, 2.05) is 0 Å². The van der Waals surface area contributed by atoms with Gasteiger partial charge in [-0.15, -0.1) is 0 Å². The number of nitrogens with two attached hydrogens (primary N) is 1. The zero-order valence-electron chi connectivity index (χ0n) is 12.0. The zero-order valence-corrected chi connectivity index (χ0v) is 12.0. The van der Waals surface area contributed by atoms with E-state index >= 15 is 0 Å². The number of rotatable bonds is 4. The van der Waals surface area contributed by atoms with Crippen LogP contribution in [0.4, 0.5) is 8.78 Å². The average molecular weight is 300 g/mol. The predicted molar refractivity (Wildman–Crippen MR) is 72.2 cm³/mol. The second kappa shape index (κ2) is 6.17. The summed E-state index contributed by atoms with van der Waals surface area (Å²) in [6, 6.07) is 2.20. The molecule has 0 saturated heterocycles. The van der Waals surface area contributed by atoms with E-state index in [1.165, 1.54) is 0 Å². The Balaban J connectivity index is 2.84. The normalized spacial score (nSPS) is 12.9. The van der Waals surface area contributed by atoms with Crippen molar-refractivity contribution in [2.75, 3.05) is 0 Å². The van der Waals surface area contributed by atoms with E-state index in [0.717, 1.165) is 12.1 Å². The third-order valence-electron chi connectivity index (χ3n) is 2.95. The van der Waals surface area contributed by atoms with Gasteiger partial charge in [0, 0.05) is 12.1 Å². The SMILES string of the molecule is CC(C)(C)[C@@H](O)C(=O)NCc1ccc(C(N)=O)c(F)c1F. The van der Waals surface area contributed by atoms with Crippen molar-refractivity contribution in [3.63, 3.8) is 0 Å². The summed E-state index contributed by atoms with van der Waals surface area (Å²) in [6.45, 7) is 4.69. The van der Waals surface area contributed by atoms with Crippen molar-refractivity contribution >= 4 is 11.8 Å². The fourth-order valence-electron chi connectivity index (χ4n) is 1.59. The molecule has 0 aliphatic carbocycles. The van der Waals surface area contributed by atoms with Gasteiger partial charge in [-0.25, -0.2) is 8.78 Å². The summed E-state index contributed by atoms with van der Waals surface area (Å²) in [5, 5.41) is 12.0. The number of aliphatic hydroxyl groups is 1. The quantitative estimate of drug-likeness (QED) is 0.777. The molecule has 2 amide bonds. The molecule has 0 fully saturated rings. The standard InChI is InChI=1S/C14H18F2N2O3/c1-14(2,3)11(19)13(21)18-6-7-4-5-8(12(17)20)10(16)9(7)15/h4-5,11,19H,6H2,1-3H3,(H2,17,20)(H,18,21)/t11-/m0/s1. The van der Waals surface area contributed by atoms with Gasteiger partial charge in [-0.1, -0.05) is 26.8 Å². The summed E-state index contributed by atoms with van der Waals surface area (Å²) in [6.07, 6.45) is -1.28. The number of aliphatic hydroxyl groups excluding tert-OH is 1. The van der Waals surface area contributed by atoms with Crippen molar-refractivity contribution < 1.29 is 23.5 Å². The Labute approximate surface area is 121 Å². The number of carbonyl (C=O) groups excluding carboxylic acids is 2. The van der Waals surface area contributed by atoms with Crippen LogP contribution in [0.3, 0.4) is 0 Å². The first-order chi connectivity index (χ1) is 9.55. The summed E-state index contributed by atoms with van der Waals surface area (Å²) < 4.78 is 27.3. The van der Waals surface area contributed by atoms with Crippen LogP contribution in [0.5, 0.6) is 0 Å². The highest BCUT2D eigenvalue weighted by Gasteiger charge is 2.29. The highest BCUT2D eigenvalue weighted by atomic mass is 19.2. The molecule has 21 heavy (non-hydrogen) atoms. The molecule has 0 aromatic heterocycles. The molecule has 1 atom stereocenters. The van der Waals surface area contributed by atoms with Crippen LogP contribution in [0, 0.1) is 17.0 Å². The third kappa shape index (κ3) is 3.98. The van der Waals surface area contributed by atoms with Gasteiger partial charge < -0.3 is 16.2 Å². The van der Waals surface area contributed by atoms with Gasteiger partial charge in [0.25, 0.3) is 5.91 Å². The van der Waals surface area contributed by atoms with Crippen molar-refractivity contribution in [1.29, 1.82) is 0 Å². The lowest BCUT2D eigenvalue weighted by atomic mass is 9.88. The molecule has 0 heterocycles. The van der Waals surface area contributed by atoms with Crippen molar-refractivity contribution in [2.45, 2.75) is 33.4 Å². The highest BCUT2D eigenvalue weighted by Crippen LogP contribution is 2.20. The molecular weight excluding hydrogens is 282 g/mol. The van der Waals surface area contributed by atoms with E-state index in [1.54, 1.807) is 20.8 Å². The van der Waals surface area contributed by atoms with Crippen molar-refractivity contribution in [3.8, 4) is 0 Å². The lowest BCUT2D eigenvalue weighted by molar-refractivity contribution is -0.134. The molecule has 0 unspecified atom stereocenters. The first-order valence-corrected chi connectivity index (χ1v) is 6.28. The molecular formula is C14H18F2N2O3. The number of hydrogen-bond acceptors (Lipinski definition) is 3. The number of benzene rings is 1. The lowest BCUT2D eigenvalue weighted by Gasteiger charge is -2.24. The predicted octanol–water partition coefficient (Wildman–Crippen LogP) is 1.09. The minimum Gasteiger partial charge on any atom is -0.383 e. The Kier molecular flexibility index (Phi) is 5.01. The van der Waals surface area contributed by atoms with Crippen LogP contribution in [0.25, 0.3) is 0 Å². The molecule has 1 rings (SSSR count). The summed E-state index contributed by atoms with van der Waals surface area (Å²) in [5.74, 6) is -4.38. The second-order valence-electron chi connectivity index (χ2n) is 5.75. The number of carbonyl (C=O) groups is 2. The van der Waals surface area contributed by atoms with E-state index < -0.39 is 40.5 Å². The fraction of sp³-hybridized carbons (Fsp3) is 0.429. The molecule has 0 saturated carbocycles. The molecule has 7 heteroatoms. The molecule has 0 bridgehead atoms. The van der Waals surface area contributed by atoms with E-state index in [4.69, 9.17) is 5.73 Å². The molecule has 0 radical (unpaired) electrons. The Bertz CT molecular complexity index is 568. The lowest BCUT2D eigenvalue weighted by Crippen LogP contribution is -2.42. The summed E-state index contributed by atoms with van der Waals surface area (Å²) >= 11 is 0. The van der Waals surface area contributed by atoms with Crippen LogP contribution in [-0.2, 0) is 11.3 Å². The smallest absolute Gasteiger partial charge is 0.251 e. The molecule has 5 nitrogen and oxygen atoms in total. The fourth-order valence-corrected chi connectivity index (χ4v) is 1.59. The number of primary amides is 1. The molecule has 1 aromatic rings. The van der Waals surface area contributed by atoms with Gasteiger partial charge in [-0.05, 0) is 11.5 Å². The third-order valence-corrected chi connectivity index (χ3v) is 2.95. The Morgan fingerprint density at radius 3 is 2.33 bits per heavy atom. The van der Waals surface area contributed by atoms with Crippen LogP contribution >= 0.6 is 0 Å². The van der Waals surface area contributed by atoms with Crippen molar-refractivity contribution in [1.82, 2.24) is 5.32 Å². The van der Waals surface area contributed by atoms with Gasteiger partial charge >= 0.3 is 0 Å². The summed E-state index contributed by atoms with van der Waals surface area (Å²) in [7, 11) is 0. The average Bonchev–Trinajstić information content (AvgIpc) is 2.37. The monoisotopic (exact) mass is 300 g/mol. The highest BCUT2D eigenvalue weighted by molar-refractivity contribution is 5.93. The molecule has 0 spiro atoms. The van der Waals surface area contributed by atoms with Gasteiger partial charge in [0.15, 0.2) is 11.6 Å². The van der Waals surface area contributed by atoms with Gasteiger partial charge in [-0.3, -0.25) is 9.59 Å². The minimum atomic E-state index is -1.36. The van der Waals surface area contributed by atoms with Crippen LogP contribution in [0.1, 0.15) is 36.7 Å². The van der Waals surface area contributed by atoms with Crippen LogP contribution in [-0.4, -0.2) is 23.0 Å². The largest absolute Gasteiger partial charge is 0.383 e.